The summed E-state index contributed by atoms with van der Waals surface area (Å²) in [5.41, 5.74) is 2.55. The van der Waals surface area contributed by atoms with Crippen molar-refractivity contribution in [2.24, 2.45) is 0 Å². The summed E-state index contributed by atoms with van der Waals surface area (Å²) >= 11 is 3.41. The number of nitrogens with one attached hydrogen (secondary N) is 1. The quantitative estimate of drug-likeness (QED) is 0.264. The average molecular weight is 565 g/mol. The van der Waals surface area contributed by atoms with Crippen LogP contribution in [-0.2, 0) is 16.4 Å². The highest BCUT2D eigenvalue weighted by Crippen LogP contribution is 2.26. The lowest BCUT2D eigenvalue weighted by Gasteiger charge is -2.19. The molecule has 0 spiro atoms. The zero-order valence-electron chi connectivity index (χ0n) is 19.6. The van der Waals surface area contributed by atoms with Crippen molar-refractivity contribution >= 4 is 43.2 Å². The Labute approximate surface area is 219 Å². The van der Waals surface area contributed by atoms with Crippen LogP contribution in [0.3, 0.4) is 0 Å². The highest BCUT2D eigenvalue weighted by Gasteiger charge is 2.21. The third kappa shape index (κ3) is 6.13. The van der Waals surface area contributed by atoms with E-state index in [1.807, 2.05) is 42.5 Å². The Balaban J connectivity index is 1.45. The Morgan fingerprint density at radius 1 is 0.889 bits per heavy atom. The SMILES string of the molecule is CN(c1ccccc1)S(=O)(=O)c1ccc(NC(=O)c2cc(Br)ccc2OCCc2ccccc2)cc1. The Morgan fingerprint density at radius 2 is 1.53 bits per heavy atom. The molecule has 4 rings (SSSR count). The summed E-state index contributed by atoms with van der Waals surface area (Å²) in [6, 6.07) is 30.2. The number of rotatable bonds is 9. The van der Waals surface area contributed by atoms with Gasteiger partial charge in [0.05, 0.1) is 22.8 Å². The monoisotopic (exact) mass is 564 g/mol. The van der Waals surface area contributed by atoms with Crippen LogP contribution in [0.15, 0.2) is 112 Å². The third-order valence-electron chi connectivity index (χ3n) is 5.57. The second-order valence-electron chi connectivity index (χ2n) is 8.01. The number of halogens is 1. The fraction of sp³-hybridized carbons (Fsp3) is 0.107. The first-order valence-electron chi connectivity index (χ1n) is 11.3. The number of ether oxygens (including phenoxy) is 1. The average Bonchev–Trinajstić information content (AvgIpc) is 2.90. The largest absolute Gasteiger partial charge is 0.492 e. The molecule has 0 saturated heterocycles. The van der Waals surface area contributed by atoms with Crippen LogP contribution in [-0.4, -0.2) is 28.0 Å². The van der Waals surface area contributed by atoms with Crippen molar-refractivity contribution in [3.05, 3.63) is 119 Å². The maximum Gasteiger partial charge on any atom is 0.264 e. The van der Waals surface area contributed by atoms with Crippen LogP contribution >= 0.6 is 15.9 Å². The number of sulfonamides is 1. The number of hydrogen-bond acceptors (Lipinski definition) is 4. The van der Waals surface area contributed by atoms with Crippen LogP contribution in [0.2, 0.25) is 0 Å². The molecular weight excluding hydrogens is 540 g/mol. The number of anilines is 2. The van der Waals surface area contributed by atoms with E-state index in [2.05, 4.69) is 21.2 Å². The van der Waals surface area contributed by atoms with Crippen molar-refractivity contribution < 1.29 is 17.9 Å². The molecule has 4 aromatic carbocycles. The van der Waals surface area contributed by atoms with E-state index in [0.29, 0.717) is 35.7 Å². The second-order valence-corrected chi connectivity index (χ2v) is 10.9. The van der Waals surface area contributed by atoms with E-state index in [9.17, 15) is 13.2 Å². The molecule has 8 heteroatoms. The molecule has 36 heavy (non-hydrogen) atoms. The van der Waals surface area contributed by atoms with Gasteiger partial charge in [0.25, 0.3) is 15.9 Å². The van der Waals surface area contributed by atoms with Crippen molar-refractivity contribution in [2.45, 2.75) is 11.3 Å². The number of carbonyl (C=O) groups excluding carboxylic acids is 1. The highest BCUT2D eigenvalue weighted by molar-refractivity contribution is 9.10. The van der Waals surface area contributed by atoms with E-state index in [0.717, 1.165) is 10.0 Å². The minimum atomic E-state index is -3.74. The van der Waals surface area contributed by atoms with E-state index >= 15 is 0 Å². The van der Waals surface area contributed by atoms with Crippen LogP contribution in [0.1, 0.15) is 15.9 Å². The van der Waals surface area contributed by atoms with Gasteiger partial charge in [-0.15, -0.1) is 0 Å². The number of amides is 1. The number of hydrogen-bond donors (Lipinski definition) is 1. The van der Waals surface area contributed by atoms with Gasteiger partial charge in [-0.25, -0.2) is 8.42 Å². The molecule has 0 bridgehead atoms. The van der Waals surface area contributed by atoms with Crippen LogP contribution in [0.25, 0.3) is 0 Å². The summed E-state index contributed by atoms with van der Waals surface area (Å²) in [5.74, 6) is 0.110. The molecule has 1 N–H and O–H groups in total. The van der Waals surface area contributed by atoms with Gasteiger partial charge in [-0.2, -0.15) is 0 Å². The van der Waals surface area contributed by atoms with Gasteiger partial charge < -0.3 is 10.1 Å². The number of carbonyl (C=O) groups is 1. The summed E-state index contributed by atoms with van der Waals surface area (Å²) in [7, 11) is -2.23. The lowest BCUT2D eigenvalue weighted by molar-refractivity contribution is 0.102. The van der Waals surface area contributed by atoms with E-state index < -0.39 is 10.0 Å². The summed E-state index contributed by atoms with van der Waals surface area (Å²) in [6.45, 7) is 0.424. The molecule has 0 unspecified atom stereocenters. The Morgan fingerprint density at radius 3 is 2.19 bits per heavy atom. The first-order valence-corrected chi connectivity index (χ1v) is 13.5. The lowest BCUT2D eigenvalue weighted by atomic mass is 10.1. The number of nitrogens with zero attached hydrogens (tertiary/aromatic N) is 1. The minimum absolute atomic E-state index is 0.124. The van der Waals surface area contributed by atoms with E-state index in [4.69, 9.17) is 4.74 Å². The van der Waals surface area contributed by atoms with Gasteiger partial charge >= 0.3 is 0 Å². The molecular formula is C28H25BrN2O4S. The fourth-order valence-corrected chi connectivity index (χ4v) is 5.13. The first-order chi connectivity index (χ1) is 17.3. The van der Waals surface area contributed by atoms with Crippen molar-refractivity contribution in [1.29, 1.82) is 0 Å². The number of para-hydroxylation sites is 1. The van der Waals surface area contributed by atoms with E-state index in [1.54, 1.807) is 48.5 Å². The summed E-state index contributed by atoms with van der Waals surface area (Å²) in [4.78, 5) is 13.2. The molecule has 0 atom stereocenters. The smallest absolute Gasteiger partial charge is 0.264 e. The fourth-order valence-electron chi connectivity index (χ4n) is 3.57. The molecule has 0 aliphatic rings. The van der Waals surface area contributed by atoms with Gasteiger partial charge in [0.1, 0.15) is 5.75 Å². The Hall–Kier alpha value is -3.62. The molecule has 1 amide bonds. The molecule has 0 heterocycles. The van der Waals surface area contributed by atoms with Gasteiger partial charge in [0.2, 0.25) is 0 Å². The Bertz CT molecular complexity index is 1430. The van der Waals surface area contributed by atoms with E-state index in [1.165, 1.54) is 23.5 Å². The lowest BCUT2D eigenvalue weighted by Crippen LogP contribution is -2.26. The molecule has 0 aromatic heterocycles. The van der Waals surface area contributed by atoms with Gasteiger partial charge in [-0.05, 0) is 60.2 Å². The van der Waals surface area contributed by atoms with Crippen LogP contribution in [0, 0.1) is 0 Å². The maximum absolute atomic E-state index is 13.1. The molecule has 184 valence electrons. The summed E-state index contributed by atoms with van der Waals surface area (Å²) in [5, 5.41) is 2.83. The summed E-state index contributed by atoms with van der Waals surface area (Å²) < 4.78 is 33.9. The predicted molar refractivity (Wildman–Crippen MR) is 146 cm³/mol. The molecule has 0 radical (unpaired) electrons. The van der Waals surface area contributed by atoms with Crippen LogP contribution < -0.4 is 14.4 Å². The van der Waals surface area contributed by atoms with Gasteiger partial charge in [0.15, 0.2) is 0 Å². The predicted octanol–water partition coefficient (Wildman–Crippen LogP) is 6.15. The zero-order chi connectivity index (χ0) is 25.5. The Kier molecular flexibility index (Phi) is 8.07. The molecule has 0 saturated carbocycles. The molecule has 0 aliphatic carbocycles. The third-order valence-corrected chi connectivity index (χ3v) is 7.86. The normalized spacial score (nSPS) is 11.1. The van der Waals surface area contributed by atoms with Crippen molar-refractivity contribution in [3.8, 4) is 5.75 Å². The molecule has 4 aromatic rings. The zero-order valence-corrected chi connectivity index (χ0v) is 22.0. The second kappa shape index (κ2) is 11.4. The van der Waals surface area contributed by atoms with Gasteiger partial charge in [-0.1, -0.05) is 64.5 Å². The maximum atomic E-state index is 13.1. The van der Waals surface area contributed by atoms with E-state index in [-0.39, 0.29) is 10.8 Å². The first kappa shape index (κ1) is 25.5. The molecule has 6 nitrogen and oxygen atoms in total. The standard InChI is InChI=1S/C28H25BrN2O4S/c1-31(24-10-6-3-7-11-24)36(33,34)25-15-13-23(14-16-25)30-28(32)26-20-22(29)12-17-27(26)35-19-18-21-8-4-2-5-9-21/h2-17,20H,18-19H2,1H3,(H,30,32). The van der Waals surface area contributed by atoms with Crippen molar-refractivity contribution in [1.82, 2.24) is 0 Å². The van der Waals surface area contributed by atoms with Gasteiger partial charge in [-0.3, -0.25) is 9.10 Å². The van der Waals surface area contributed by atoms with Crippen molar-refractivity contribution in [2.75, 3.05) is 23.3 Å². The minimum Gasteiger partial charge on any atom is -0.492 e. The van der Waals surface area contributed by atoms with Crippen molar-refractivity contribution in [3.63, 3.8) is 0 Å². The molecule has 0 aliphatic heterocycles. The molecule has 0 fully saturated rings. The van der Waals surface area contributed by atoms with Gasteiger partial charge in [0, 0.05) is 23.6 Å². The topological polar surface area (TPSA) is 75.7 Å². The van der Waals surface area contributed by atoms with Crippen LogP contribution in [0.4, 0.5) is 11.4 Å². The van der Waals surface area contributed by atoms with Crippen LogP contribution in [0.5, 0.6) is 5.75 Å². The number of benzene rings is 4. The summed E-state index contributed by atoms with van der Waals surface area (Å²) in [6.07, 6.45) is 0.714. The highest BCUT2D eigenvalue weighted by atomic mass is 79.9.